The third-order valence-corrected chi connectivity index (χ3v) is 3.20. The van der Waals surface area contributed by atoms with Gasteiger partial charge in [-0.3, -0.25) is 0 Å². The van der Waals surface area contributed by atoms with E-state index in [9.17, 15) is 5.11 Å². The zero-order chi connectivity index (χ0) is 11.5. The molecule has 16 heavy (non-hydrogen) atoms. The summed E-state index contributed by atoms with van der Waals surface area (Å²) in [5.74, 6) is 0.167. The van der Waals surface area contributed by atoms with E-state index < -0.39 is 0 Å². The summed E-state index contributed by atoms with van der Waals surface area (Å²) in [6.07, 6.45) is 0. The minimum Gasteiger partial charge on any atom is -0.507 e. The second kappa shape index (κ2) is 4.99. The van der Waals surface area contributed by atoms with Crippen molar-refractivity contribution in [2.24, 2.45) is 0 Å². The standard InChI is InChI=1S/C11H12ClNO2S/c12-8-1-2-10(14)9(7-8)11(16)13-3-5-15-6-4-13/h1-2,7,14H,3-6H2. The number of aromatic hydroxyl groups is 1. The van der Waals surface area contributed by atoms with Crippen LogP contribution in [0.1, 0.15) is 5.56 Å². The first-order valence-corrected chi connectivity index (χ1v) is 5.82. The molecule has 1 aromatic carbocycles. The van der Waals surface area contributed by atoms with Crippen LogP contribution in [0.5, 0.6) is 5.75 Å². The second-order valence-corrected chi connectivity index (χ2v) is 4.39. The van der Waals surface area contributed by atoms with Gasteiger partial charge in [0.15, 0.2) is 0 Å². The Morgan fingerprint density at radius 3 is 2.75 bits per heavy atom. The molecule has 0 spiro atoms. The van der Waals surface area contributed by atoms with Crippen LogP contribution < -0.4 is 0 Å². The van der Waals surface area contributed by atoms with Crippen molar-refractivity contribution in [3.8, 4) is 5.75 Å². The summed E-state index contributed by atoms with van der Waals surface area (Å²) < 4.78 is 5.25. The van der Waals surface area contributed by atoms with E-state index in [1.54, 1.807) is 18.2 Å². The van der Waals surface area contributed by atoms with Crippen molar-refractivity contribution in [1.82, 2.24) is 4.90 Å². The highest BCUT2D eigenvalue weighted by molar-refractivity contribution is 7.80. The van der Waals surface area contributed by atoms with E-state index in [2.05, 4.69) is 0 Å². The van der Waals surface area contributed by atoms with Crippen molar-refractivity contribution in [3.63, 3.8) is 0 Å². The fourth-order valence-electron chi connectivity index (χ4n) is 1.62. The molecule has 86 valence electrons. The molecule has 1 fully saturated rings. The summed E-state index contributed by atoms with van der Waals surface area (Å²) in [4.78, 5) is 2.65. The van der Waals surface area contributed by atoms with Crippen molar-refractivity contribution in [2.45, 2.75) is 0 Å². The molecule has 0 bridgehead atoms. The van der Waals surface area contributed by atoms with Gasteiger partial charge in [-0.1, -0.05) is 23.8 Å². The summed E-state index contributed by atoms with van der Waals surface area (Å²) in [5, 5.41) is 10.3. The van der Waals surface area contributed by atoms with Crippen molar-refractivity contribution >= 4 is 28.8 Å². The molecule has 0 amide bonds. The van der Waals surface area contributed by atoms with Crippen LogP contribution in [0.15, 0.2) is 18.2 Å². The van der Waals surface area contributed by atoms with E-state index in [-0.39, 0.29) is 5.75 Å². The zero-order valence-electron chi connectivity index (χ0n) is 8.65. The van der Waals surface area contributed by atoms with Crippen LogP contribution in [0.2, 0.25) is 5.02 Å². The second-order valence-electron chi connectivity index (χ2n) is 3.57. The molecule has 5 heteroatoms. The summed E-state index contributed by atoms with van der Waals surface area (Å²) >= 11 is 11.2. The molecule has 0 saturated carbocycles. The van der Waals surface area contributed by atoms with Crippen LogP contribution in [-0.2, 0) is 4.74 Å². The first kappa shape index (κ1) is 11.6. The topological polar surface area (TPSA) is 32.7 Å². The minimum atomic E-state index is 0.167. The summed E-state index contributed by atoms with van der Waals surface area (Å²) in [5.41, 5.74) is 0.615. The number of phenolic OH excluding ortho intramolecular Hbond substituents is 1. The SMILES string of the molecule is Oc1ccc(Cl)cc1C(=S)N1CCOCC1. The fraction of sp³-hybridized carbons (Fsp3) is 0.364. The molecule has 2 rings (SSSR count). The molecule has 3 nitrogen and oxygen atoms in total. The number of rotatable bonds is 1. The number of phenols is 1. The summed E-state index contributed by atoms with van der Waals surface area (Å²) in [6.45, 7) is 2.85. The quantitative estimate of drug-likeness (QED) is 0.781. The highest BCUT2D eigenvalue weighted by Gasteiger charge is 2.17. The molecule has 0 aromatic heterocycles. The zero-order valence-corrected chi connectivity index (χ0v) is 10.2. The van der Waals surface area contributed by atoms with Gasteiger partial charge < -0.3 is 14.7 Å². The Hall–Kier alpha value is -0.840. The van der Waals surface area contributed by atoms with Crippen LogP contribution in [0, 0.1) is 0 Å². The van der Waals surface area contributed by atoms with Gasteiger partial charge in [0.25, 0.3) is 0 Å². The third kappa shape index (κ3) is 2.45. The van der Waals surface area contributed by atoms with Crippen molar-refractivity contribution in [1.29, 1.82) is 0 Å². The lowest BCUT2D eigenvalue weighted by atomic mass is 10.2. The Morgan fingerprint density at radius 2 is 2.06 bits per heavy atom. The van der Waals surface area contributed by atoms with Crippen LogP contribution in [0.3, 0.4) is 0 Å². The van der Waals surface area contributed by atoms with E-state index in [0.29, 0.717) is 28.8 Å². The number of hydrogen-bond donors (Lipinski definition) is 1. The molecule has 1 aromatic rings. The van der Waals surface area contributed by atoms with E-state index in [4.69, 9.17) is 28.6 Å². The first-order chi connectivity index (χ1) is 7.68. The number of halogens is 1. The number of hydrogen-bond acceptors (Lipinski definition) is 3. The Balaban J connectivity index is 2.22. The molecule has 0 radical (unpaired) electrons. The summed E-state index contributed by atoms with van der Waals surface area (Å²) in [7, 11) is 0. The Labute approximate surface area is 105 Å². The molecule has 0 atom stereocenters. The van der Waals surface area contributed by atoms with Crippen LogP contribution >= 0.6 is 23.8 Å². The molecule has 1 aliphatic rings. The average Bonchev–Trinajstić information content (AvgIpc) is 2.32. The lowest BCUT2D eigenvalue weighted by Crippen LogP contribution is -2.40. The van der Waals surface area contributed by atoms with Gasteiger partial charge in [-0.2, -0.15) is 0 Å². The largest absolute Gasteiger partial charge is 0.507 e. The van der Waals surface area contributed by atoms with E-state index in [1.165, 1.54) is 0 Å². The average molecular weight is 258 g/mol. The molecular formula is C11H12ClNO2S. The van der Waals surface area contributed by atoms with Gasteiger partial charge in [-0.25, -0.2) is 0 Å². The number of ether oxygens (including phenoxy) is 1. The van der Waals surface area contributed by atoms with Gasteiger partial charge in [0.1, 0.15) is 10.7 Å². The van der Waals surface area contributed by atoms with Gasteiger partial charge in [0.2, 0.25) is 0 Å². The van der Waals surface area contributed by atoms with Gasteiger partial charge in [0.05, 0.1) is 18.8 Å². The predicted molar refractivity (Wildman–Crippen MR) is 67.2 cm³/mol. The maximum absolute atomic E-state index is 9.73. The van der Waals surface area contributed by atoms with Gasteiger partial charge in [0, 0.05) is 18.1 Å². The van der Waals surface area contributed by atoms with Crippen molar-refractivity contribution in [2.75, 3.05) is 26.3 Å². The van der Waals surface area contributed by atoms with E-state index >= 15 is 0 Å². The van der Waals surface area contributed by atoms with E-state index in [1.807, 2.05) is 4.90 Å². The molecule has 1 aliphatic heterocycles. The highest BCUT2D eigenvalue weighted by atomic mass is 35.5. The first-order valence-electron chi connectivity index (χ1n) is 5.04. The monoisotopic (exact) mass is 257 g/mol. The van der Waals surface area contributed by atoms with Crippen molar-refractivity contribution < 1.29 is 9.84 Å². The minimum absolute atomic E-state index is 0.167. The van der Waals surface area contributed by atoms with Gasteiger partial charge in [-0.15, -0.1) is 0 Å². The molecule has 1 saturated heterocycles. The lowest BCUT2D eigenvalue weighted by Gasteiger charge is -2.29. The van der Waals surface area contributed by atoms with Crippen LogP contribution in [-0.4, -0.2) is 41.3 Å². The third-order valence-electron chi connectivity index (χ3n) is 2.49. The maximum Gasteiger partial charge on any atom is 0.125 e. The van der Waals surface area contributed by atoms with Crippen LogP contribution in [0.4, 0.5) is 0 Å². The normalized spacial score (nSPS) is 16.2. The van der Waals surface area contributed by atoms with Crippen LogP contribution in [0.25, 0.3) is 0 Å². The smallest absolute Gasteiger partial charge is 0.125 e. The fourth-order valence-corrected chi connectivity index (χ4v) is 2.13. The van der Waals surface area contributed by atoms with Crippen molar-refractivity contribution in [3.05, 3.63) is 28.8 Å². The predicted octanol–water partition coefficient (Wildman–Crippen LogP) is 2.05. The molecule has 0 aliphatic carbocycles. The van der Waals surface area contributed by atoms with Gasteiger partial charge in [-0.05, 0) is 18.2 Å². The highest BCUT2D eigenvalue weighted by Crippen LogP contribution is 2.23. The number of nitrogens with zero attached hydrogens (tertiary/aromatic N) is 1. The van der Waals surface area contributed by atoms with Gasteiger partial charge >= 0.3 is 0 Å². The number of thiocarbonyl (C=S) groups is 1. The lowest BCUT2D eigenvalue weighted by molar-refractivity contribution is 0.0692. The Kier molecular flexibility index (Phi) is 3.63. The Bertz CT molecular complexity index is 405. The van der Waals surface area contributed by atoms with E-state index in [0.717, 1.165) is 13.1 Å². The molecule has 1 N–H and O–H groups in total. The Morgan fingerprint density at radius 1 is 1.38 bits per heavy atom. The molecule has 1 heterocycles. The molecular weight excluding hydrogens is 246 g/mol. The number of benzene rings is 1. The summed E-state index contributed by atoms with van der Waals surface area (Å²) in [6, 6.07) is 4.89. The number of morpholine rings is 1. The maximum atomic E-state index is 9.73. The molecule has 0 unspecified atom stereocenters.